The molecule has 2 aliphatic rings. The first-order valence-corrected chi connectivity index (χ1v) is 9.17. The number of piperidine rings is 1. The smallest absolute Gasteiger partial charge is 0.162 e. The number of hydrogen-bond donors (Lipinski definition) is 1. The molecule has 0 saturated carbocycles. The summed E-state index contributed by atoms with van der Waals surface area (Å²) in [5.41, 5.74) is 2.69. The minimum absolute atomic E-state index is 0. The van der Waals surface area contributed by atoms with Crippen molar-refractivity contribution in [3.05, 3.63) is 65.2 Å². The second-order valence-electron chi connectivity index (χ2n) is 7.21. The number of fused-ring (bicyclic) bond motifs is 3. The van der Waals surface area contributed by atoms with E-state index >= 15 is 0 Å². The van der Waals surface area contributed by atoms with Crippen molar-refractivity contribution in [3.63, 3.8) is 0 Å². The maximum absolute atomic E-state index is 13.6. The third kappa shape index (κ3) is 4.30. The summed E-state index contributed by atoms with van der Waals surface area (Å²) in [7, 11) is 0. The molecular formula is C21H23ClF2N2O. The van der Waals surface area contributed by atoms with Crippen molar-refractivity contribution in [3.8, 4) is 0 Å². The molecule has 3 nitrogen and oxygen atoms in total. The van der Waals surface area contributed by atoms with Crippen LogP contribution in [0.15, 0.2) is 42.5 Å². The predicted molar refractivity (Wildman–Crippen MR) is 105 cm³/mol. The molecule has 0 aliphatic carbocycles. The van der Waals surface area contributed by atoms with Crippen LogP contribution in [-0.2, 0) is 0 Å². The Kier molecular flexibility index (Phi) is 6.12. The summed E-state index contributed by atoms with van der Waals surface area (Å²) in [4.78, 5) is 14.6. The zero-order valence-electron chi connectivity index (χ0n) is 15.0. The van der Waals surface area contributed by atoms with Gasteiger partial charge in [-0.25, -0.2) is 8.78 Å². The molecule has 1 saturated heterocycles. The van der Waals surface area contributed by atoms with Crippen LogP contribution in [0.25, 0.3) is 0 Å². The first-order chi connectivity index (χ1) is 12.6. The van der Waals surface area contributed by atoms with Gasteiger partial charge in [-0.3, -0.25) is 4.79 Å². The Bertz CT molecular complexity index is 812. The second kappa shape index (κ2) is 8.36. The molecule has 27 heavy (non-hydrogen) atoms. The van der Waals surface area contributed by atoms with E-state index in [1.165, 1.54) is 18.2 Å². The van der Waals surface area contributed by atoms with E-state index in [-0.39, 0.29) is 29.8 Å². The van der Waals surface area contributed by atoms with Gasteiger partial charge >= 0.3 is 0 Å². The number of Topliss-reactive ketones (excluding diaryl/α,β-unsaturated/α-hetero) is 1. The number of likely N-dealkylation sites (tertiary alicyclic amines) is 1. The first-order valence-electron chi connectivity index (χ1n) is 9.17. The topological polar surface area (TPSA) is 32.3 Å². The number of halogens is 3. The van der Waals surface area contributed by atoms with E-state index in [2.05, 4.69) is 10.2 Å². The summed E-state index contributed by atoms with van der Waals surface area (Å²) >= 11 is 0. The van der Waals surface area contributed by atoms with Gasteiger partial charge in [0.2, 0.25) is 0 Å². The zero-order valence-corrected chi connectivity index (χ0v) is 15.8. The van der Waals surface area contributed by atoms with E-state index in [0.29, 0.717) is 23.9 Å². The quantitative estimate of drug-likeness (QED) is 0.753. The standard InChI is InChI=1S/C21H22F2N2O.ClH/c22-15-5-3-14(4-6-15)21(26)2-1-10-25-11-9-20-18(13-25)17-12-16(23)7-8-19(17)24-20;/h3-8,12,18,20,24H,1-2,9-11,13H2;1H/t18-,20+;/m1./s1. The monoisotopic (exact) mass is 392 g/mol. The SMILES string of the molecule is Cl.O=C(CCCN1CC[C@@H]2Nc3ccc(F)cc3[C@H]2C1)c1ccc(F)cc1. The molecule has 2 aromatic rings. The molecule has 1 fully saturated rings. The highest BCUT2D eigenvalue weighted by molar-refractivity contribution is 5.95. The summed E-state index contributed by atoms with van der Waals surface area (Å²) < 4.78 is 26.5. The Hall–Kier alpha value is -1.98. The Morgan fingerprint density at radius 2 is 1.85 bits per heavy atom. The summed E-state index contributed by atoms with van der Waals surface area (Å²) in [5, 5.41) is 3.51. The fraction of sp³-hybridized carbons (Fsp3) is 0.381. The molecular weight excluding hydrogens is 370 g/mol. The summed E-state index contributed by atoms with van der Waals surface area (Å²) in [6, 6.07) is 11.1. The predicted octanol–water partition coefficient (Wildman–Crippen LogP) is 4.63. The molecule has 0 aromatic heterocycles. The molecule has 0 bridgehead atoms. The van der Waals surface area contributed by atoms with Crippen molar-refractivity contribution < 1.29 is 13.6 Å². The van der Waals surface area contributed by atoms with Gasteiger partial charge in [-0.1, -0.05) is 0 Å². The van der Waals surface area contributed by atoms with Gasteiger partial charge in [0.15, 0.2) is 5.78 Å². The van der Waals surface area contributed by atoms with Crippen LogP contribution in [0.1, 0.15) is 41.1 Å². The third-order valence-electron chi connectivity index (χ3n) is 5.50. The van der Waals surface area contributed by atoms with Gasteiger partial charge in [-0.05, 0) is 67.4 Å². The largest absolute Gasteiger partial charge is 0.381 e. The molecule has 2 atom stereocenters. The van der Waals surface area contributed by atoms with Crippen LogP contribution in [0.4, 0.5) is 14.5 Å². The maximum atomic E-state index is 13.6. The lowest BCUT2D eigenvalue weighted by Gasteiger charge is -2.35. The summed E-state index contributed by atoms with van der Waals surface area (Å²) in [6.45, 7) is 2.72. The highest BCUT2D eigenvalue weighted by atomic mass is 35.5. The highest BCUT2D eigenvalue weighted by Crippen LogP contribution is 2.40. The number of benzene rings is 2. The Balaban J connectivity index is 0.00000210. The van der Waals surface area contributed by atoms with Crippen LogP contribution in [0.5, 0.6) is 0 Å². The fourth-order valence-electron chi connectivity index (χ4n) is 4.13. The molecule has 4 rings (SSSR count). The third-order valence-corrected chi connectivity index (χ3v) is 5.50. The Morgan fingerprint density at radius 3 is 2.63 bits per heavy atom. The van der Waals surface area contributed by atoms with Crippen LogP contribution < -0.4 is 5.32 Å². The molecule has 0 radical (unpaired) electrons. The minimum Gasteiger partial charge on any atom is -0.381 e. The van der Waals surface area contributed by atoms with Crippen LogP contribution in [0.2, 0.25) is 0 Å². The molecule has 0 amide bonds. The van der Waals surface area contributed by atoms with E-state index in [1.54, 1.807) is 18.2 Å². The molecule has 6 heteroatoms. The zero-order chi connectivity index (χ0) is 18.1. The first kappa shape index (κ1) is 19.8. The van der Waals surface area contributed by atoms with Crippen LogP contribution in [0, 0.1) is 11.6 Å². The number of ketones is 1. The van der Waals surface area contributed by atoms with E-state index in [9.17, 15) is 13.6 Å². The second-order valence-corrected chi connectivity index (χ2v) is 7.21. The molecule has 0 spiro atoms. The van der Waals surface area contributed by atoms with Gasteiger partial charge in [-0.15, -0.1) is 12.4 Å². The summed E-state index contributed by atoms with van der Waals surface area (Å²) in [5.74, 6) is -0.156. The molecule has 1 N–H and O–H groups in total. The van der Waals surface area contributed by atoms with Gasteiger partial charge < -0.3 is 10.2 Å². The highest BCUT2D eigenvalue weighted by Gasteiger charge is 2.36. The van der Waals surface area contributed by atoms with Crippen LogP contribution >= 0.6 is 12.4 Å². The van der Waals surface area contributed by atoms with Gasteiger partial charge in [0.05, 0.1) is 0 Å². The fourth-order valence-corrected chi connectivity index (χ4v) is 4.13. The molecule has 0 unspecified atom stereocenters. The van der Waals surface area contributed by atoms with E-state index < -0.39 is 0 Å². The van der Waals surface area contributed by atoms with Crippen molar-refractivity contribution in [2.75, 3.05) is 25.0 Å². The number of carbonyl (C=O) groups is 1. The molecule has 2 heterocycles. The lowest BCUT2D eigenvalue weighted by atomic mass is 9.89. The van der Waals surface area contributed by atoms with E-state index in [0.717, 1.165) is 43.7 Å². The van der Waals surface area contributed by atoms with Gasteiger partial charge in [0, 0.05) is 42.7 Å². The molecule has 2 aromatic carbocycles. The number of nitrogens with zero attached hydrogens (tertiary/aromatic N) is 1. The average Bonchev–Trinajstić information content (AvgIpc) is 2.99. The van der Waals surface area contributed by atoms with Gasteiger partial charge in [0.1, 0.15) is 11.6 Å². The molecule has 2 aliphatic heterocycles. The number of rotatable bonds is 5. The van der Waals surface area contributed by atoms with Crippen LogP contribution in [-0.4, -0.2) is 36.4 Å². The maximum Gasteiger partial charge on any atom is 0.162 e. The molecule has 144 valence electrons. The van der Waals surface area contributed by atoms with Crippen molar-refractivity contribution in [1.82, 2.24) is 4.90 Å². The average molecular weight is 393 g/mol. The Labute approximate surface area is 164 Å². The van der Waals surface area contributed by atoms with Gasteiger partial charge in [0.25, 0.3) is 0 Å². The van der Waals surface area contributed by atoms with Crippen molar-refractivity contribution >= 4 is 23.9 Å². The summed E-state index contributed by atoms with van der Waals surface area (Å²) in [6.07, 6.45) is 2.25. The van der Waals surface area contributed by atoms with E-state index in [4.69, 9.17) is 0 Å². The number of anilines is 1. The van der Waals surface area contributed by atoms with Crippen molar-refractivity contribution in [2.45, 2.75) is 31.2 Å². The van der Waals surface area contributed by atoms with E-state index in [1.807, 2.05) is 6.07 Å². The number of carbonyl (C=O) groups excluding carboxylic acids is 1. The van der Waals surface area contributed by atoms with Gasteiger partial charge in [-0.2, -0.15) is 0 Å². The lowest BCUT2D eigenvalue weighted by molar-refractivity contribution is 0.0971. The Morgan fingerprint density at radius 1 is 1.11 bits per heavy atom. The number of nitrogens with one attached hydrogen (secondary N) is 1. The lowest BCUT2D eigenvalue weighted by Crippen LogP contribution is -2.42. The van der Waals surface area contributed by atoms with Crippen LogP contribution in [0.3, 0.4) is 0 Å². The normalized spacial score (nSPS) is 21.0. The minimum atomic E-state index is -0.327. The van der Waals surface area contributed by atoms with Crippen molar-refractivity contribution in [1.29, 1.82) is 0 Å². The van der Waals surface area contributed by atoms with Crippen molar-refractivity contribution in [2.24, 2.45) is 0 Å². The number of hydrogen-bond acceptors (Lipinski definition) is 3.